The highest BCUT2D eigenvalue weighted by molar-refractivity contribution is 7.89. The number of likely N-dealkylation sites (tertiary alicyclic amines) is 1. The van der Waals surface area contributed by atoms with E-state index in [9.17, 15) is 8.42 Å². The number of sulfonamides is 1. The molecule has 108 valence electrons. The molecule has 1 aromatic heterocycles. The molecule has 7 heteroatoms. The van der Waals surface area contributed by atoms with E-state index in [1.165, 1.54) is 0 Å². The van der Waals surface area contributed by atoms with E-state index in [0.29, 0.717) is 22.3 Å². The Morgan fingerprint density at radius 2 is 2.11 bits per heavy atom. The van der Waals surface area contributed by atoms with Crippen molar-refractivity contribution < 1.29 is 8.42 Å². The Balaban J connectivity index is 2.15. The minimum absolute atomic E-state index is 0.00454. The molecule has 0 aromatic carbocycles. The summed E-state index contributed by atoms with van der Waals surface area (Å²) >= 11 is 0. The van der Waals surface area contributed by atoms with Crippen molar-refractivity contribution in [2.24, 2.45) is 0 Å². The molecule has 1 aliphatic heterocycles. The third-order valence-corrected chi connectivity index (χ3v) is 5.64. The van der Waals surface area contributed by atoms with Gasteiger partial charge in [-0.25, -0.2) is 13.1 Å². The molecule has 0 saturated carbocycles. The number of hydrogen-bond donors (Lipinski definition) is 2. The lowest BCUT2D eigenvalue weighted by molar-refractivity contribution is 0.178. The quantitative estimate of drug-likeness (QED) is 0.861. The maximum Gasteiger partial charge on any atom is 0.244 e. The number of hydrogen-bond acceptors (Lipinski definition) is 4. The number of aryl methyl sites for hydroxylation is 2. The van der Waals surface area contributed by atoms with Crippen molar-refractivity contribution in [2.45, 2.75) is 50.6 Å². The van der Waals surface area contributed by atoms with E-state index in [-0.39, 0.29) is 6.04 Å². The van der Waals surface area contributed by atoms with Crippen LogP contribution < -0.4 is 4.72 Å². The molecule has 2 unspecified atom stereocenters. The van der Waals surface area contributed by atoms with E-state index >= 15 is 0 Å². The molecule has 0 radical (unpaired) electrons. The van der Waals surface area contributed by atoms with Gasteiger partial charge in [0.25, 0.3) is 0 Å². The highest BCUT2D eigenvalue weighted by Crippen LogP contribution is 2.21. The Morgan fingerprint density at radius 3 is 2.63 bits per heavy atom. The summed E-state index contributed by atoms with van der Waals surface area (Å²) in [6, 6.07) is 0.401. The average molecular weight is 286 g/mol. The minimum Gasteiger partial charge on any atom is -0.304 e. The van der Waals surface area contributed by atoms with Crippen LogP contribution in [0.25, 0.3) is 0 Å². The van der Waals surface area contributed by atoms with Crippen molar-refractivity contribution in [1.82, 2.24) is 19.8 Å². The lowest BCUT2D eigenvalue weighted by Gasteiger charge is -2.35. The van der Waals surface area contributed by atoms with Crippen LogP contribution in [0.1, 0.15) is 31.2 Å². The molecule has 1 saturated heterocycles. The molecular formula is C12H22N4O2S. The van der Waals surface area contributed by atoms with Crippen LogP contribution >= 0.6 is 0 Å². The zero-order chi connectivity index (χ0) is 14.2. The fraction of sp³-hybridized carbons (Fsp3) is 0.750. The first-order valence-electron chi connectivity index (χ1n) is 6.55. The number of nitrogens with zero attached hydrogens (tertiary/aromatic N) is 2. The topological polar surface area (TPSA) is 78.1 Å². The molecule has 2 heterocycles. The molecule has 2 atom stereocenters. The van der Waals surface area contributed by atoms with Crippen LogP contribution in [0.5, 0.6) is 0 Å². The van der Waals surface area contributed by atoms with Crippen LogP contribution in [0, 0.1) is 13.8 Å². The van der Waals surface area contributed by atoms with Gasteiger partial charge < -0.3 is 4.90 Å². The van der Waals surface area contributed by atoms with Crippen molar-refractivity contribution in [2.75, 3.05) is 13.6 Å². The molecule has 0 bridgehead atoms. The predicted molar refractivity (Wildman–Crippen MR) is 73.5 cm³/mol. The smallest absolute Gasteiger partial charge is 0.244 e. The van der Waals surface area contributed by atoms with Gasteiger partial charge in [-0.15, -0.1) is 0 Å². The Hall–Kier alpha value is -0.920. The predicted octanol–water partition coefficient (Wildman–Crippen LogP) is 0.788. The highest BCUT2D eigenvalue weighted by atomic mass is 32.2. The zero-order valence-corrected chi connectivity index (χ0v) is 12.7. The second-order valence-electron chi connectivity index (χ2n) is 5.44. The fourth-order valence-corrected chi connectivity index (χ4v) is 4.27. The summed E-state index contributed by atoms with van der Waals surface area (Å²) < 4.78 is 27.6. The normalized spacial score (nSPS) is 25.7. The molecule has 1 aromatic rings. The van der Waals surface area contributed by atoms with E-state index in [1.807, 2.05) is 0 Å². The van der Waals surface area contributed by atoms with Crippen molar-refractivity contribution in [3.63, 3.8) is 0 Å². The second-order valence-corrected chi connectivity index (χ2v) is 7.09. The first kappa shape index (κ1) is 14.5. The number of aromatic amines is 1. The largest absolute Gasteiger partial charge is 0.304 e. The van der Waals surface area contributed by atoms with Crippen LogP contribution in [0.4, 0.5) is 0 Å². The molecular weight excluding hydrogens is 264 g/mol. The van der Waals surface area contributed by atoms with E-state index < -0.39 is 10.0 Å². The van der Waals surface area contributed by atoms with Gasteiger partial charge in [0, 0.05) is 12.1 Å². The number of rotatable bonds is 3. The molecule has 2 rings (SSSR count). The standard InChI is InChI=1S/C12H22N4O2S/c1-8-7-11(5-6-16(8)4)15-19(17,18)12-9(2)13-14-10(12)3/h8,11,15H,5-7H2,1-4H3,(H,13,14). The van der Waals surface area contributed by atoms with E-state index in [4.69, 9.17) is 0 Å². The summed E-state index contributed by atoms with van der Waals surface area (Å²) in [5.74, 6) is 0. The third kappa shape index (κ3) is 2.98. The van der Waals surface area contributed by atoms with Gasteiger partial charge in [-0.3, -0.25) is 5.10 Å². The van der Waals surface area contributed by atoms with Gasteiger partial charge in [0.1, 0.15) is 4.90 Å². The Bertz CT molecular complexity index is 533. The Labute approximate surface area is 114 Å². The summed E-state index contributed by atoms with van der Waals surface area (Å²) in [6.07, 6.45) is 1.68. The molecule has 0 spiro atoms. The lowest BCUT2D eigenvalue weighted by Crippen LogP contribution is -2.47. The Kier molecular flexibility index (Phi) is 3.98. The fourth-order valence-electron chi connectivity index (χ4n) is 2.61. The van der Waals surface area contributed by atoms with Crippen LogP contribution in [0.3, 0.4) is 0 Å². The molecule has 6 nitrogen and oxygen atoms in total. The van der Waals surface area contributed by atoms with E-state index in [2.05, 4.69) is 33.8 Å². The van der Waals surface area contributed by atoms with Crippen molar-refractivity contribution >= 4 is 10.0 Å². The number of aromatic nitrogens is 2. The van der Waals surface area contributed by atoms with E-state index in [0.717, 1.165) is 19.4 Å². The first-order chi connectivity index (χ1) is 8.81. The van der Waals surface area contributed by atoms with Crippen molar-refractivity contribution in [3.05, 3.63) is 11.4 Å². The van der Waals surface area contributed by atoms with Crippen molar-refractivity contribution in [3.8, 4) is 0 Å². The van der Waals surface area contributed by atoms with Gasteiger partial charge in [-0.2, -0.15) is 5.10 Å². The maximum absolute atomic E-state index is 12.4. The van der Waals surface area contributed by atoms with Crippen LogP contribution in [-0.4, -0.2) is 49.2 Å². The van der Waals surface area contributed by atoms with Crippen LogP contribution in [0.2, 0.25) is 0 Å². The van der Waals surface area contributed by atoms with Gasteiger partial charge in [0.15, 0.2) is 0 Å². The van der Waals surface area contributed by atoms with E-state index in [1.54, 1.807) is 13.8 Å². The molecule has 2 N–H and O–H groups in total. The Morgan fingerprint density at radius 1 is 1.42 bits per heavy atom. The minimum atomic E-state index is -3.48. The first-order valence-corrected chi connectivity index (χ1v) is 8.03. The third-order valence-electron chi connectivity index (χ3n) is 3.86. The van der Waals surface area contributed by atoms with Crippen LogP contribution in [0.15, 0.2) is 4.90 Å². The highest BCUT2D eigenvalue weighted by Gasteiger charge is 2.29. The molecule has 19 heavy (non-hydrogen) atoms. The second kappa shape index (κ2) is 5.22. The van der Waals surface area contributed by atoms with Gasteiger partial charge in [0.2, 0.25) is 10.0 Å². The molecule has 1 fully saturated rings. The van der Waals surface area contributed by atoms with Gasteiger partial charge in [-0.1, -0.05) is 0 Å². The summed E-state index contributed by atoms with van der Waals surface area (Å²) in [6.45, 7) is 6.47. The van der Waals surface area contributed by atoms with Gasteiger partial charge in [0.05, 0.1) is 11.4 Å². The van der Waals surface area contributed by atoms with Gasteiger partial charge in [-0.05, 0) is 47.2 Å². The summed E-state index contributed by atoms with van der Waals surface area (Å²) in [4.78, 5) is 2.54. The number of piperidine rings is 1. The van der Waals surface area contributed by atoms with Gasteiger partial charge >= 0.3 is 0 Å². The SMILES string of the molecule is Cc1n[nH]c(C)c1S(=O)(=O)NC1CCN(C)C(C)C1. The zero-order valence-electron chi connectivity index (χ0n) is 11.9. The number of H-pyrrole nitrogens is 1. The summed E-state index contributed by atoms with van der Waals surface area (Å²) in [7, 11) is -1.41. The van der Waals surface area contributed by atoms with Crippen LogP contribution in [-0.2, 0) is 10.0 Å². The maximum atomic E-state index is 12.4. The molecule has 1 aliphatic rings. The van der Waals surface area contributed by atoms with Crippen molar-refractivity contribution in [1.29, 1.82) is 0 Å². The molecule has 0 amide bonds. The monoisotopic (exact) mass is 286 g/mol. The summed E-state index contributed by atoms with van der Waals surface area (Å²) in [5.41, 5.74) is 1.11. The lowest BCUT2D eigenvalue weighted by atomic mass is 10.0. The molecule has 0 aliphatic carbocycles. The summed E-state index contributed by atoms with van der Waals surface area (Å²) in [5, 5.41) is 6.67. The average Bonchev–Trinajstić information content (AvgIpc) is 2.64. The number of nitrogens with one attached hydrogen (secondary N) is 2.